The van der Waals surface area contributed by atoms with Crippen LogP contribution in [0.15, 0.2) is 18.2 Å². The summed E-state index contributed by atoms with van der Waals surface area (Å²) in [7, 11) is 0. The first-order valence-corrected chi connectivity index (χ1v) is 14.9. The number of ether oxygens (including phenoxy) is 1. The van der Waals surface area contributed by atoms with Crippen molar-refractivity contribution in [1.82, 2.24) is 20.6 Å². The lowest BCUT2D eigenvalue weighted by Gasteiger charge is -2.37. The van der Waals surface area contributed by atoms with E-state index >= 15 is 0 Å². The number of aryl methyl sites for hydroxylation is 1. The zero-order valence-electron chi connectivity index (χ0n) is 25.5. The smallest absolute Gasteiger partial charge is 0.492 e. The number of carbonyl (C=O) groups is 3. The van der Waals surface area contributed by atoms with E-state index in [-0.39, 0.29) is 23.8 Å². The van der Waals surface area contributed by atoms with Crippen molar-refractivity contribution in [3.8, 4) is 5.75 Å². The van der Waals surface area contributed by atoms with Crippen molar-refractivity contribution in [2.24, 2.45) is 17.8 Å². The second-order valence-corrected chi connectivity index (χ2v) is 11.9. The fraction of sp³-hybridized carbons (Fsp3) is 0.667. The molecule has 0 spiro atoms. The number of amidine groups is 1. The zero-order valence-corrected chi connectivity index (χ0v) is 25.5. The Balaban J connectivity index is 1.55. The third kappa shape index (κ3) is 9.32. The third-order valence-electron chi connectivity index (χ3n) is 8.39. The summed E-state index contributed by atoms with van der Waals surface area (Å²) in [5.74, 6) is -1.76. The van der Waals surface area contributed by atoms with E-state index in [2.05, 4.69) is 22.6 Å². The van der Waals surface area contributed by atoms with Crippen LogP contribution in [0.3, 0.4) is 0 Å². The molecule has 240 valence electrons. The quantitative estimate of drug-likeness (QED) is 0.216. The minimum Gasteiger partial charge on any atom is -0.494 e. The van der Waals surface area contributed by atoms with E-state index in [1.54, 1.807) is 48.8 Å². The summed E-state index contributed by atoms with van der Waals surface area (Å²) in [5.41, 5.74) is 3.05. The van der Waals surface area contributed by atoms with Crippen molar-refractivity contribution >= 4 is 23.7 Å². The number of benzene rings is 1. The number of hydroxylamine groups is 1. The summed E-state index contributed by atoms with van der Waals surface area (Å²) in [6.45, 7) is 11.5. The van der Waals surface area contributed by atoms with Gasteiger partial charge in [0, 0.05) is 25.7 Å². The van der Waals surface area contributed by atoms with Crippen LogP contribution < -0.4 is 15.5 Å². The number of nitrogens with one attached hydrogen (secondary N) is 2. The average Bonchev–Trinajstić information content (AvgIpc) is 3.38. The summed E-state index contributed by atoms with van der Waals surface area (Å²) in [5, 5.41) is 12.4. The number of likely N-dealkylation sites (tertiary alicyclic amines) is 2. The molecule has 0 bridgehead atoms. The summed E-state index contributed by atoms with van der Waals surface area (Å²) in [6.07, 6.45) is -1.16. The van der Waals surface area contributed by atoms with Crippen LogP contribution in [0.25, 0.3) is 5.41 Å². The fourth-order valence-corrected chi connectivity index (χ4v) is 5.51. The molecule has 13 heteroatoms. The maximum absolute atomic E-state index is 13.3. The van der Waals surface area contributed by atoms with E-state index in [9.17, 15) is 33.0 Å². The molecule has 2 heterocycles. The number of alkyl halides is 3. The topological polar surface area (TPSA) is 123 Å². The molecule has 2 aliphatic rings. The van der Waals surface area contributed by atoms with Crippen LogP contribution >= 0.6 is 0 Å². The lowest BCUT2D eigenvalue weighted by atomic mass is 9.84. The van der Waals surface area contributed by atoms with Crippen LogP contribution in [0.2, 0.25) is 0 Å². The molecule has 0 radical (unpaired) electrons. The van der Waals surface area contributed by atoms with Gasteiger partial charge in [-0.05, 0) is 87.0 Å². The maximum atomic E-state index is 13.3. The Hall–Kier alpha value is -3.35. The number of rotatable bonds is 10. The number of halogens is 3. The van der Waals surface area contributed by atoms with Crippen LogP contribution in [-0.4, -0.2) is 72.0 Å². The second-order valence-electron chi connectivity index (χ2n) is 11.9. The molecule has 43 heavy (non-hydrogen) atoms. The summed E-state index contributed by atoms with van der Waals surface area (Å²) in [4.78, 5) is 44.6. The van der Waals surface area contributed by atoms with E-state index in [1.165, 1.54) is 0 Å². The third-order valence-corrected chi connectivity index (χ3v) is 8.39. The maximum Gasteiger partial charge on any atom is 0.492 e. The standard InChI is InChI=1S/C30H43F3N5O5/c1-18(2)26(34)35-29(41)37-14-10-22(11-15-37)19(3)12-16-42-23-8-9-24(20(4)17-23)25(36-43-28(40)30(31,32)33)27(39)38-13-6-7-21(38)5/h8-9,17-19,21-22,25,36H,6-7,10-16H2,1-5H3,(H-,34,35,41)/q-1/t19-,21-,25+/m1/s1. The number of nitrogens with zero attached hydrogens (tertiary/aromatic N) is 3. The largest absolute Gasteiger partial charge is 0.494 e. The van der Waals surface area contributed by atoms with Crippen LogP contribution in [0.5, 0.6) is 5.75 Å². The molecule has 1 aromatic carbocycles. The molecule has 3 amide bonds. The van der Waals surface area contributed by atoms with Gasteiger partial charge in [-0.3, -0.25) is 9.59 Å². The first-order chi connectivity index (χ1) is 20.2. The predicted octanol–water partition coefficient (Wildman–Crippen LogP) is 5.11. The molecule has 0 aromatic heterocycles. The highest BCUT2D eigenvalue weighted by atomic mass is 19.4. The van der Waals surface area contributed by atoms with Gasteiger partial charge < -0.3 is 30.1 Å². The second kappa shape index (κ2) is 14.9. The van der Waals surface area contributed by atoms with Crippen LogP contribution in [-0.2, 0) is 14.4 Å². The van der Waals surface area contributed by atoms with Crippen LogP contribution in [0.1, 0.15) is 77.0 Å². The van der Waals surface area contributed by atoms with Gasteiger partial charge in [-0.25, -0.2) is 4.79 Å². The zero-order chi connectivity index (χ0) is 31.9. The molecule has 3 atom stereocenters. The minimum absolute atomic E-state index is 0.0367. The van der Waals surface area contributed by atoms with Crippen LogP contribution in [0, 0.1) is 24.7 Å². The number of piperidine rings is 1. The highest BCUT2D eigenvalue weighted by molar-refractivity contribution is 6.00. The van der Waals surface area contributed by atoms with Crippen molar-refractivity contribution in [1.29, 1.82) is 0 Å². The predicted molar refractivity (Wildman–Crippen MR) is 155 cm³/mol. The number of urea groups is 1. The minimum atomic E-state index is -5.20. The van der Waals surface area contributed by atoms with Crippen molar-refractivity contribution < 1.29 is 37.1 Å². The van der Waals surface area contributed by atoms with Gasteiger partial charge in [0.05, 0.1) is 6.61 Å². The van der Waals surface area contributed by atoms with E-state index < -0.39 is 24.1 Å². The molecule has 1 aromatic rings. The van der Waals surface area contributed by atoms with Gasteiger partial charge in [0.25, 0.3) is 0 Å². The number of hydrogen-bond acceptors (Lipinski definition) is 6. The molecule has 10 nitrogen and oxygen atoms in total. The highest BCUT2D eigenvalue weighted by Gasteiger charge is 2.43. The Morgan fingerprint density at radius 2 is 1.77 bits per heavy atom. The van der Waals surface area contributed by atoms with Crippen LogP contribution in [0.4, 0.5) is 18.0 Å². The van der Waals surface area contributed by atoms with E-state index in [0.29, 0.717) is 55.0 Å². The van der Waals surface area contributed by atoms with Gasteiger partial charge in [-0.15, -0.1) is 5.48 Å². The lowest BCUT2D eigenvalue weighted by Crippen LogP contribution is -2.47. The SMILES string of the molecule is Cc1cc(OCC[C@@H](C)C2CCN(C(=O)NC(=[N-])C(C)C)CC2)ccc1[C@H](NOC(=O)C(F)(F)F)C(=O)N1CCC[C@H]1C. The Labute approximate surface area is 251 Å². The molecule has 0 unspecified atom stereocenters. The van der Waals surface area contributed by atoms with Gasteiger partial charge in [0.1, 0.15) is 11.8 Å². The van der Waals surface area contributed by atoms with Crippen molar-refractivity contribution in [2.45, 2.75) is 85.0 Å². The summed E-state index contributed by atoms with van der Waals surface area (Å²) in [6, 6.07) is 3.28. The molecular formula is C30H43F3N5O5-. The van der Waals surface area contributed by atoms with Crippen molar-refractivity contribution in [3.05, 3.63) is 34.7 Å². The highest BCUT2D eigenvalue weighted by Crippen LogP contribution is 2.30. The molecule has 0 saturated carbocycles. The average molecular weight is 611 g/mol. The van der Waals surface area contributed by atoms with Gasteiger partial charge in [-0.2, -0.15) is 13.2 Å². The Kier molecular flexibility index (Phi) is 11.8. The number of amides is 3. The normalized spacial score (nSPS) is 19.2. The molecule has 2 aliphatic heterocycles. The van der Waals surface area contributed by atoms with Crippen molar-refractivity contribution in [3.63, 3.8) is 0 Å². The fourth-order valence-electron chi connectivity index (χ4n) is 5.51. The van der Waals surface area contributed by atoms with Gasteiger partial charge >= 0.3 is 12.1 Å². The van der Waals surface area contributed by atoms with Crippen molar-refractivity contribution in [2.75, 3.05) is 26.2 Å². The Morgan fingerprint density at radius 3 is 2.33 bits per heavy atom. The molecular weight excluding hydrogens is 567 g/mol. The first kappa shape index (κ1) is 34.1. The lowest BCUT2D eigenvalue weighted by molar-refractivity contribution is -0.209. The molecule has 0 aliphatic carbocycles. The first-order valence-electron chi connectivity index (χ1n) is 14.9. The number of carbonyl (C=O) groups excluding carboxylic acids is 3. The summed E-state index contributed by atoms with van der Waals surface area (Å²) >= 11 is 0. The van der Waals surface area contributed by atoms with E-state index in [1.807, 2.05) is 6.92 Å². The number of hydrogen-bond donors (Lipinski definition) is 2. The van der Waals surface area contributed by atoms with E-state index in [0.717, 1.165) is 32.1 Å². The molecule has 2 N–H and O–H groups in total. The van der Waals surface area contributed by atoms with Gasteiger partial charge in [-0.1, -0.05) is 32.7 Å². The summed E-state index contributed by atoms with van der Waals surface area (Å²) < 4.78 is 44.2. The Bertz CT molecular complexity index is 1150. The molecule has 3 rings (SSSR count). The molecule has 2 fully saturated rings. The Morgan fingerprint density at radius 1 is 1.09 bits per heavy atom. The monoisotopic (exact) mass is 610 g/mol. The van der Waals surface area contributed by atoms with E-state index in [4.69, 9.17) is 4.74 Å². The van der Waals surface area contributed by atoms with Gasteiger partial charge in [0.15, 0.2) is 0 Å². The van der Waals surface area contributed by atoms with Gasteiger partial charge in [0.2, 0.25) is 11.9 Å². The molecule has 2 saturated heterocycles.